The second-order valence-electron chi connectivity index (χ2n) is 5.69. The summed E-state index contributed by atoms with van der Waals surface area (Å²) in [4.78, 5) is 5.09. The highest BCUT2D eigenvalue weighted by atomic mass is 16.4. The average molecular weight is 254 g/mol. The molecule has 2 saturated heterocycles. The van der Waals surface area contributed by atoms with Crippen LogP contribution in [0, 0.1) is 0 Å². The summed E-state index contributed by atoms with van der Waals surface area (Å²) in [6.07, 6.45) is 5.65. The van der Waals surface area contributed by atoms with E-state index < -0.39 is 0 Å². The van der Waals surface area contributed by atoms with Crippen molar-refractivity contribution in [3.63, 3.8) is 0 Å². The molecule has 2 aliphatic heterocycles. The zero-order valence-corrected chi connectivity index (χ0v) is 11.5. The zero-order valence-electron chi connectivity index (χ0n) is 11.5. The minimum atomic E-state index is 0.351. The summed E-state index contributed by atoms with van der Waals surface area (Å²) in [7, 11) is 2.26. The fourth-order valence-corrected chi connectivity index (χ4v) is 3.48. The Balaban J connectivity index is 1.99. The summed E-state index contributed by atoms with van der Waals surface area (Å²) in [5.41, 5.74) is 5.66. The molecule has 5 nitrogen and oxygen atoms in total. The van der Waals surface area contributed by atoms with Gasteiger partial charge < -0.3 is 10.9 Å². The Kier molecular flexibility index (Phi) is 4.45. The molecule has 0 aromatic carbocycles. The molecule has 2 heterocycles. The number of amidine groups is 1. The summed E-state index contributed by atoms with van der Waals surface area (Å²) < 4.78 is 0. The number of hydrogen-bond donors (Lipinski definition) is 2. The van der Waals surface area contributed by atoms with Gasteiger partial charge in [0.15, 0.2) is 0 Å². The number of nitrogens with zero attached hydrogens (tertiary/aromatic N) is 3. The van der Waals surface area contributed by atoms with Gasteiger partial charge >= 0.3 is 0 Å². The predicted molar refractivity (Wildman–Crippen MR) is 72.9 cm³/mol. The third-order valence-electron chi connectivity index (χ3n) is 4.74. The highest BCUT2D eigenvalue weighted by Crippen LogP contribution is 2.29. The molecule has 2 rings (SSSR count). The van der Waals surface area contributed by atoms with E-state index in [0.29, 0.717) is 24.3 Å². The van der Waals surface area contributed by atoms with Gasteiger partial charge in [0, 0.05) is 31.1 Å². The van der Waals surface area contributed by atoms with Crippen LogP contribution in [-0.2, 0) is 0 Å². The van der Waals surface area contributed by atoms with Gasteiger partial charge in [0.05, 0.1) is 0 Å². The first kappa shape index (κ1) is 13.6. The SMILES string of the molecule is CCC(CC(N)=NO)N1CCC2CCC(C1)N2C. The van der Waals surface area contributed by atoms with E-state index in [4.69, 9.17) is 10.9 Å². The third-order valence-corrected chi connectivity index (χ3v) is 4.74. The Morgan fingerprint density at radius 2 is 2.11 bits per heavy atom. The van der Waals surface area contributed by atoms with Gasteiger partial charge in [-0.2, -0.15) is 0 Å². The van der Waals surface area contributed by atoms with Crippen LogP contribution in [0.4, 0.5) is 0 Å². The average Bonchev–Trinajstić information content (AvgIpc) is 2.61. The van der Waals surface area contributed by atoms with E-state index in [1.54, 1.807) is 0 Å². The maximum Gasteiger partial charge on any atom is 0.140 e. The molecule has 0 spiro atoms. The standard InChI is InChI=1S/C13H26N4O/c1-3-10(8-13(14)15-18)17-7-6-11-4-5-12(9-17)16(11)2/h10-12,18H,3-9H2,1-2H3,(H2,14,15). The number of nitrogens with two attached hydrogens (primary N) is 1. The molecule has 0 aromatic rings. The Morgan fingerprint density at radius 1 is 1.39 bits per heavy atom. The summed E-state index contributed by atoms with van der Waals surface area (Å²) >= 11 is 0. The number of likely N-dealkylation sites (N-methyl/N-ethyl adjacent to an activating group) is 1. The lowest BCUT2D eigenvalue weighted by Crippen LogP contribution is -2.43. The minimum absolute atomic E-state index is 0.351. The van der Waals surface area contributed by atoms with E-state index in [1.807, 2.05) is 0 Å². The van der Waals surface area contributed by atoms with Crippen molar-refractivity contribution >= 4 is 5.84 Å². The van der Waals surface area contributed by atoms with Crippen molar-refractivity contribution < 1.29 is 5.21 Å². The summed E-state index contributed by atoms with van der Waals surface area (Å²) in [6.45, 7) is 4.45. The summed E-state index contributed by atoms with van der Waals surface area (Å²) in [5.74, 6) is 0.351. The number of rotatable bonds is 4. The molecule has 0 radical (unpaired) electrons. The van der Waals surface area contributed by atoms with Crippen molar-refractivity contribution in [1.82, 2.24) is 9.80 Å². The monoisotopic (exact) mass is 254 g/mol. The molecule has 2 aliphatic rings. The van der Waals surface area contributed by atoms with E-state index in [-0.39, 0.29) is 0 Å². The van der Waals surface area contributed by atoms with Gasteiger partial charge in [-0.1, -0.05) is 12.1 Å². The fourth-order valence-electron chi connectivity index (χ4n) is 3.48. The lowest BCUT2D eigenvalue weighted by Gasteiger charge is -2.32. The fraction of sp³-hybridized carbons (Fsp3) is 0.923. The van der Waals surface area contributed by atoms with Crippen LogP contribution in [0.5, 0.6) is 0 Å². The molecule has 104 valence electrons. The van der Waals surface area contributed by atoms with E-state index in [0.717, 1.165) is 25.6 Å². The topological polar surface area (TPSA) is 65.1 Å². The first-order valence-electron chi connectivity index (χ1n) is 7.08. The number of fused-ring (bicyclic) bond motifs is 2. The lowest BCUT2D eigenvalue weighted by atomic mass is 10.0. The Morgan fingerprint density at radius 3 is 2.78 bits per heavy atom. The molecule has 5 heteroatoms. The van der Waals surface area contributed by atoms with E-state index in [1.165, 1.54) is 19.3 Å². The van der Waals surface area contributed by atoms with Gasteiger partial charge in [0.1, 0.15) is 5.84 Å². The molecule has 0 saturated carbocycles. The van der Waals surface area contributed by atoms with Crippen LogP contribution in [0.2, 0.25) is 0 Å². The highest BCUT2D eigenvalue weighted by Gasteiger charge is 2.36. The molecule has 0 amide bonds. The van der Waals surface area contributed by atoms with Crippen molar-refractivity contribution in [2.75, 3.05) is 20.1 Å². The molecule has 0 aromatic heterocycles. The van der Waals surface area contributed by atoms with Crippen LogP contribution >= 0.6 is 0 Å². The lowest BCUT2D eigenvalue weighted by molar-refractivity contribution is 0.169. The van der Waals surface area contributed by atoms with Crippen molar-refractivity contribution in [2.45, 2.75) is 57.2 Å². The van der Waals surface area contributed by atoms with Crippen LogP contribution in [0.1, 0.15) is 39.0 Å². The van der Waals surface area contributed by atoms with Gasteiger partial charge in [-0.25, -0.2) is 0 Å². The third kappa shape index (κ3) is 2.78. The van der Waals surface area contributed by atoms with Crippen LogP contribution in [0.25, 0.3) is 0 Å². The van der Waals surface area contributed by atoms with Crippen molar-refractivity contribution in [2.24, 2.45) is 10.9 Å². The number of hydrogen-bond acceptors (Lipinski definition) is 4. The van der Waals surface area contributed by atoms with Gasteiger partial charge in [-0.3, -0.25) is 9.80 Å². The predicted octanol–water partition coefficient (Wildman–Crippen LogP) is 1.07. The molecule has 18 heavy (non-hydrogen) atoms. The Labute approximate surface area is 110 Å². The maximum absolute atomic E-state index is 8.72. The maximum atomic E-state index is 8.72. The number of likely N-dealkylation sites (tertiary alicyclic amines) is 1. The van der Waals surface area contributed by atoms with E-state index in [2.05, 4.69) is 28.9 Å². The van der Waals surface area contributed by atoms with Gasteiger partial charge in [-0.15, -0.1) is 0 Å². The Bertz CT molecular complexity index is 307. The van der Waals surface area contributed by atoms with Crippen LogP contribution in [0.15, 0.2) is 5.16 Å². The zero-order chi connectivity index (χ0) is 13.1. The molecule has 3 N–H and O–H groups in total. The van der Waals surface area contributed by atoms with Crippen LogP contribution in [-0.4, -0.2) is 59.1 Å². The van der Waals surface area contributed by atoms with Crippen molar-refractivity contribution in [3.05, 3.63) is 0 Å². The molecule has 2 bridgehead atoms. The van der Waals surface area contributed by atoms with Crippen molar-refractivity contribution in [1.29, 1.82) is 0 Å². The number of oxime groups is 1. The van der Waals surface area contributed by atoms with E-state index >= 15 is 0 Å². The molecular weight excluding hydrogens is 228 g/mol. The first-order chi connectivity index (χ1) is 8.65. The second-order valence-corrected chi connectivity index (χ2v) is 5.69. The minimum Gasteiger partial charge on any atom is -0.409 e. The van der Waals surface area contributed by atoms with E-state index in [9.17, 15) is 0 Å². The van der Waals surface area contributed by atoms with Crippen molar-refractivity contribution in [3.8, 4) is 0 Å². The van der Waals surface area contributed by atoms with Crippen LogP contribution in [0.3, 0.4) is 0 Å². The second kappa shape index (κ2) is 5.89. The smallest absolute Gasteiger partial charge is 0.140 e. The largest absolute Gasteiger partial charge is 0.409 e. The first-order valence-corrected chi connectivity index (χ1v) is 7.08. The molecule has 2 fully saturated rings. The summed E-state index contributed by atoms with van der Waals surface area (Å²) in [5, 5.41) is 11.8. The highest BCUT2D eigenvalue weighted by molar-refractivity contribution is 5.80. The quantitative estimate of drug-likeness (QED) is 0.341. The molecule has 0 aliphatic carbocycles. The Hall–Kier alpha value is -0.810. The van der Waals surface area contributed by atoms with Crippen LogP contribution < -0.4 is 5.73 Å². The van der Waals surface area contributed by atoms with Gasteiger partial charge in [0.25, 0.3) is 0 Å². The van der Waals surface area contributed by atoms with Gasteiger partial charge in [-0.05, 0) is 39.3 Å². The molecule has 3 atom stereocenters. The summed E-state index contributed by atoms with van der Waals surface area (Å²) in [6, 6.07) is 1.87. The normalized spacial score (nSPS) is 32.4. The molecule has 3 unspecified atom stereocenters. The molecular formula is C13H26N4O. The van der Waals surface area contributed by atoms with Gasteiger partial charge in [0.2, 0.25) is 0 Å².